The van der Waals surface area contributed by atoms with Gasteiger partial charge in [0.25, 0.3) is 10.0 Å². The normalized spacial score (nSPS) is 12.0. The van der Waals surface area contributed by atoms with Gasteiger partial charge in [-0.2, -0.15) is 13.2 Å². The van der Waals surface area contributed by atoms with E-state index >= 15 is 0 Å². The molecule has 3 rings (SSSR count). The number of aryl methyl sites for hydroxylation is 2. The number of ketones is 1. The lowest BCUT2D eigenvalue weighted by molar-refractivity contribution is -0.137. The third kappa shape index (κ3) is 5.15. The monoisotopic (exact) mass is 499 g/mol. The summed E-state index contributed by atoms with van der Waals surface area (Å²) in [5, 5.41) is 8.93. The number of hydrogen-bond donors (Lipinski definition) is 2. The van der Waals surface area contributed by atoms with Gasteiger partial charge in [-0.3, -0.25) is 19.5 Å². The highest BCUT2D eigenvalue weighted by molar-refractivity contribution is 7.92. The molecule has 1 aromatic carbocycles. The van der Waals surface area contributed by atoms with Crippen LogP contribution in [0.2, 0.25) is 5.02 Å². The summed E-state index contributed by atoms with van der Waals surface area (Å²) in [7, 11) is -4.56. The zero-order valence-corrected chi connectivity index (χ0v) is 18.8. The number of alkyl halides is 3. The first-order valence-corrected chi connectivity index (χ1v) is 11.2. The molecular weight excluding hydrogens is 483 g/mol. The molecule has 2 aromatic heterocycles. The van der Waals surface area contributed by atoms with E-state index in [1.807, 2.05) is 0 Å². The second kappa shape index (κ2) is 9.08. The van der Waals surface area contributed by atoms with Gasteiger partial charge in [0.05, 0.1) is 33.3 Å². The Balaban J connectivity index is 2.10. The number of hydrogen-bond acceptors (Lipinski definition) is 6. The maximum Gasteiger partial charge on any atom is 0.417 e. The standard InChI is InChI=1S/C21H17ClF3N3O4S/c1-11-7-17(19(27-9-11)20(30)18-12(2)26-6-5-13(18)10-29)28-33(31,32)14-3-4-16(22)15(8-14)21(23,24)25/h3-9,28-29H,10H2,1-2H3. The zero-order chi connectivity index (χ0) is 24.6. The molecule has 3 aromatic rings. The van der Waals surface area contributed by atoms with E-state index in [4.69, 9.17) is 11.6 Å². The summed E-state index contributed by atoms with van der Waals surface area (Å²) in [6.07, 6.45) is -2.13. The summed E-state index contributed by atoms with van der Waals surface area (Å²) in [6.45, 7) is 2.66. The number of carbonyl (C=O) groups excluding carboxylic acids is 1. The Labute approximate surface area is 192 Å². The summed E-state index contributed by atoms with van der Waals surface area (Å²) in [6, 6.07) is 4.91. The molecule has 0 saturated carbocycles. The maximum absolute atomic E-state index is 13.2. The van der Waals surface area contributed by atoms with Crippen LogP contribution in [0.25, 0.3) is 0 Å². The van der Waals surface area contributed by atoms with Crippen LogP contribution in [-0.2, 0) is 22.8 Å². The Bertz CT molecular complexity index is 1350. The minimum Gasteiger partial charge on any atom is -0.392 e. The number of aliphatic hydroxyl groups excluding tert-OH is 1. The van der Waals surface area contributed by atoms with E-state index in [2.05, 4.69) is 14.7 Å². The fourth-order valence-corrected chi connectivity index (χ4v) is 4.41. The lowest BCUT2D eigenvalue weighted by Gasteiger charge is -2.15. The van der Waals surface area contributed by atoms with Crippen LogP contribution in [0.5, 0.6) is 0 Å². The topological polar surface area (TPSA) is 109 Å². The number of benzene rings is 1. The van der Waals surface area contributed by atoms with Gasteiger partial charge >= 0.3 is 6.18 Å². The van der Waals surface area contributed by atoms with Crippen molar-refractivity contribution in [1.29, 1.82) is 0 Å². The van der Waals surface area contributed by atoms with Crippen LogP contribution in [0, 0.1) is 13.8 Å². The molecule has 2 N–H and O–H groups in total. The number of aliphatic hydroxyl groups is 1. The van der Waals surface area contributed by atoms with Crippen LogP contribution in [-0.4, -0.2) is 29.3 Å². The van der Waals surface area contributed by atoms with Crippen molar-refractivity contribution in [2.24, 2.45) is 0 Å². The van der Waals surface area contributed by atoms with E-state index in [0.29, 0.717) is 11.6 Å². The van der Waals surface area contributed by atoms with Gasteiger partial charge in [-0.05, 0) is 55.3 Å². The molecule has 0 fully saturated rings. The molecule has 0 saturated heterocycles. The van der Waals surface area contributed by atoms with Gasteiger partial charge in [-0.25, -0.2) is 8.42 Å². The predicted octanol–water partition coefficient (Wildman–Crippen LogP) is 4.29. The first-order valence-electron chi connectivity index (χ1n) is 9.31. The van der Waals surface area contributed by atoms with Crippen LogP contribution in [0.3, 0.4) is 0 Å². The molecule has 12 heteroatoms. The number of anilines is 1. The maximum atomic E-state index is 13.2. The molecule has 0 radical (unpaired) electrons. The van der Waals surface area contributed by atoms with Gasteiger partial charge in [-0.1, -0.05) is 11.6 Å². The first kappa shape index (κ1) is 24.6. The summed E-state index contributed by atoms with van der Waals surface area (Å²) in [5.74, 6) is -0.713. The Morgan fingerprint density at radius 3 is 2.48 bits per heavy atom. The molecule has 0 atom stereocenters. The van der Waals surface area contributed by atoms with Crippen LogP contribution in [0.15, 0.2) is 47.6 Å². The first-order chi connectivity index (χ1) is 15.3. The minimum absolute atomic E-state index is 0.0441. The van der Waals surface area contributed by atoms with Crippen molar-refractivity contribution in [2.75, 3.05) is 4.72 Å². The molecule has 0 spiro atoms. The fourth-order valence-electron chi connectivity index (χ4n) is 3.10. The number of sulfonamides is 1. The molecule has 7 nitrogen and oxygen atoms in total. The average Bonchev–Trinajstić information content (AvgIpc) is 2.72. The molecule has 0 aliphatic carbocycles. The number of nitrogens with zero attached hydrogens (tertiary/aromatic N) is 2. The van der Waals surface area contributed by atoms with E-state index in [9.17, 15) is 31.5 Å². The van der Waals surface area contributed by atoms with Gasteiger partial charge in [0.2, 0.25) is 5.78 Å². The summed E-state index contributed by atoms with van der Waals surface area (Å²) < 4.78 is 67.5. The van der Waals surface area contributed by atoms with Gasteiger partial charge in [-0.15, -0.1) is 0 Å². The van der Waals surface area contributed by atoms with Gasteiger partial charge in [0, 0.05) is 18.1 Å². The van der Waals surface area contributed by atoms with Crippen molar-refractivity contribution in [3.63, 3.8) is 0 Å². The summed E-state index contributed by atoms with van der Waals surface area (Å²) in [4.78, 5) is 20.6. The van der Waals surface area contributed by atoms with E-state index in [-0.39, 0.29) is 28.2 Å². The fraction of sp³-hybridized carbons (Fsp3) is 0.190. The molecule has 2 heterocycles. The van der Waals surface area contributed by atoms with Crippen molar-refractivity contribution in [3.8, 4) is 0 Å². The molecule has 0 unspecified atom stereocenters. The average molecular weight is 500 g/mol. The van der Waals surface area contributed by atoms with E-state index in [1.54, 1.807) is 6.92 Å². The van der Waals surface area contributed by atoms with Crippen molar-refractivity contribution < 1.29 is 31.5 Å². The zero-order valence-electron chi connectivity index (χ0n) is 17.2. The lowest BCUT2D eigenvalue weighted by Crippen LogP contribution is -2.19. The molecule has 0 aliphatic heterocycles. The molecule has 0 bridgehead atoms. The Kier molecular flexibility index (Phi) is 6.78. The van der Waals surface area contributed by atoms with Crippen molar-refractivity contribution in [1.82, 2.24) is 9.97 Å². The molecular formula is C21H17ClF3N3O4S. The minimum atomic E-state index is -4.87. The number of nitrogens with one attached hydrogen (secondary N) is 1. The summed E-state index contributed by atoms with van der Waals surface area (Å²) >= 11 is 5.57. The predicted molar refractivity (Wildman–Crippen MR) is 115 cm³/mol. The third-order valence-corrected chi connectivity index (χ3v) is 6.35. The number of aromatic nitrogens is 2. The van der Waals surface area contributed by atoms with Gasteiger partial charge < -0.3 is 5.11 Å². The highest BCUT2D eigenvalue weighted by Gasteiger charge is 2.35. The Morgan fingerprint density at radius 1 is 1.15 bits per heavy atom. The molecule has 0 amide bonds. The number of halogens is 4. The number of carbonyl (C=O) groups is 1. The Hall–Kier alpha value is -3.02. The lowest BCUT2D eigenvalue weighted by atomic mass is 9.99. The van der Waals surface area contributed by atoms with Crippen LogP contribution < -0.4 is 4.72 Å². The van der Waals surface area contributed by atoms with E-state index < -0.39 is 44.1 Å². The summed E-state index contributed by atoms with van der Waals surface area (Å²) in [5.41, 5.74) is -0.782. The van der Waals surface area contributed by atoms with E-state index in [1.165, 1.54) is 31.5 Å². The SMILES string of the molecule is Cc1cnc(C(=O)c2c(CO)ccnc2C)c(NS(=O)(=O)c2ccc(Cl)c(C(F)(F)F)c2)c1. The van der Waals surface area contributed by atoms with Crippen molar-refractivity contribution >= 4 is 33.1 Å². The quantitative estimate of drug-likeness (QED) is 0.490. The number of pyridine rings is 2. The van der Waals surface area contributed by atoms with E-state index in [0.717, 1.165) is 12.1 Å². The smallest absolute Gasteiger partial charge is 0.392 e. The van der Waals surface area contributed by atoms with Crippen LogP contribution in [0.1, 0.15) is 38.4 Å². The number of rotatable bonds is 6. The largest absolute Gasteiger partial charge is 0.417 e. The molecule has 0 aliphatic rings. The highest BCUT2D eigenvalue weighted by atomic mass is 35.5. The van der Waals surface area contributed by atoms with Crippen LogP contribution in [0.4, 0.5) is 18.9 Å². The third-order valence-electron chi connectivity index (χ3n) is 4.66. The Morgan fingerprint density at radius 2 is 1.85 bits per heavy atom. The van der Waals surface area contributed by atoms with Gasteiger partial charge in [0.15, 0.2) is 0 Å². The van der Waals surface area contributed by atoms with Crippen LogP contribution >= 0.6 is 11.6 Å². The van der Waals surface area contributed by atoms with Gasteiger partial charge in [0.1, 0.15) is 5.69 Å². The van der Waals surface area contributed by atoms with Crippen molar-refractivity contribution in [3.05, 3.63) is 81.4 Å². The second-order valence-electron chi connectivity index (χ2n) is 7.07. The van der Waals surface area contributed by atoms with Crippen molar-refractivity contribution in [2.45, 2.75) is 31.5 Å². The second-order valence-corrected chi connectivity index (χ2v) is 9.16. The molecule has 174 valence electrons. The highest BCUT2D eigenvalue weighted by Crippen LogP contribution is 2.36. The molecule has 33 heavy (non-hydrogen) atoms.